The first-order valence-electron chi connectivity index (χ1n) is 8.56. The fourth-order valence-corrected chi connectivity index (χ4v) is 3.51. The molecule has 0 spiro atoms. The molecule has 0 bridgehead atoms. The highest BCUT2D eigenvalue weighted by Crippen LogP contribution is 2.31. The molecule has 2 aliphatic rings. The van der Waals surface area contributed by atoms with Crippen molar-refractivity contribution in [2.45, 2.75) is 32.3 Å². The maximum atomic E-state index is 12.5. The molecule has 0 radical (unpaired) electrons. The molecule has 0 aliphatic carbocycles. The van der Waals surface area contributed by atoms with Crippen LogP contribution in [0.15, 0.2) is 24.3 Å². The van der Waals surface area contributed by atoms with Gasteiger partial charge in [0.2, 0.25) is 5.91 Å². The molecule has 1 amide bonds. The molecule has 2 aliphatic heterocycles. The van der Waals surface area contributed by atoms with Crippen molar-refractivity contribution in [3.63, 3.8) is 0 Å². The van der Waals surface area contributed by atoms with Gasteiger partial charge in [-0.1, -0.05) is 12.1 Å². The third kappa shape index (κ3) is 3.67. The van der Waals surface area contributed by atoms with E-state index in [4.69, 9.17) is 4.74 Å². The highest BCUT2D eigenvalue weighted by Gasteiger charge is 2.31. The molecule has 2 atom stereocenters. The highest BCUT2D eigenvalue weighted by atomic mass is 16.5. The average molecular weight is 318 g/mol. The topological polar surface area (TPSA) is 61.8 Å². The number of ether oxygens (including phenoxy) is 1. The van der Waals surface area contributed by atoms with Crippen LogP contribution in [-0.4, -0.2) is 43.4 Å². The molecule has 0 aromatic heterocycles. The van der Waals surface area contributed by atoms with E-state index in [1.54, 1.807) is 0 Å². The van der Waals surface area contributed by atoms with Gasteiger partial charge in [-0.05, 0) is 44.2 Å². The third-order valence-corrected chi connectivity index (χ3v) is 5.09. The minimum atomic E-state index is -0.0665. The van der Waals surface area contributed by atoms with Crippen molar-refractivity contribution < 1.29 is 14.6 Å². The van der Waals surface area contributed by atoms with E-state index in [0.29, 0.717) is 12.5 Å². The van der Waals surface area contributed by atoms with E-state index in [1.807, 2.05) is 25.1 Å². The van der Waals surface area contributed by atoms with Crippen molar-refractivity contribution in [3.8, 4) is 0 Å². The van der Waals surface area contributed by atoms with E-state index in [2.05, 4.69) is 16.3 Å². The van der Waals surface area contributed by atoms with Crippen molar-refractivity contribution in [1.82, 2.24) is 0 Å². The molecule has 1 aromatic rings. The average Bonchev–Trinajstić information content (AvgIpc) is 3.02. The number of rotatable bonds is 4. The number of carbonyl (C=O) groups is 1. The summed E-state index contributed by atoms with van der Waals surface area (Å²) in [7, 11) is 0. The second-order valence-corrected chi connectivity index (χ2v) is 6.59. The van der Waals surface area contributed by atoms with Crippen LogP contribution < -0.4 is 10.2 Å². The number of piperidine rings is 1. The van der Waals surface area contributed by atoms with Gasteiger partial charge in [0.25, 0.3) is 0 Å². The Labute approximate surface area is 137 Å². The standard InChI is InChI=1S/C18H26N2O3/c1-13-15(8-11-23-13)18(22)19-16-4-2-3-5-17(16)20-9-6-14(12-21)7-10-20/h2-5,13-15,21H,6-12H2,1H3,(H,19,22). The van der Waals surface area contributed by atoms with Gasteiger partial charge in [-0.3, -0.25) is 4.79 Å². The molecule has 2 saturated heterocycles. The van der Waals surface area contributed by atoms with E-state index >= 15 is 0 Å². The smallest absolute Gasteiger partial charge is 0.230 e. The second kappa shape index (κ2) is 7.32. The number of nitrogens with zero attached hydrogens (tertiary/aromatic N) is 1. The van der Waals surface area contributed by atoms with Crippen molar-refractivity contribution >= 4 is 17.3 Å². The lowest BCUT2D eigenvalue weighted by atomic mass is 9.97. The Morgan fingerprint density at radius 1 is 1.30 bits per heavy atom. The molecule has 5 heteroatoms. The Balaban J connectivity index is 1.69. The van der Waals surface area contributed by atoms with Gasteiger partial charge in [0.1, 0.15) is 0 Å². The number of hydrogen-bond donors (Lipinski definition) is 2. The predicted molar refractivity (Wildman–Crippen MR) is 90.6 cm³/mol. The van der Waals surface area contributed by atoms with Crippen molar-refractivity contribution in [2.24, 2.45) is 11.8 Å². The minimum absolute atomic E-state index is 0.0116. The summed E-state index contributed by atoms with van der Waals surface area (Å²) in [5.41, 5.74) is 1.95. The highest BCUT2D eigenvalue weighted by molar-refractivity contribution is 5.96. The van der Waals surface area contributed by atoms with Gasteiger partial charge in [0.05, 0.1) is 23.4 Å². The molecule has 126 valence electrons. The lowest BCUT2D eigenvalue weighted by Crippen LogP contribution is -2.35. The third-order valence-electron chi connectivity index (χ3n) is 5.09. The van der Waals surface area contributed by atoms with Crippen molar-refractivity contribution in [2.75, 3.05) is 36.5 Å². The Kier molecular flexibility index (Phi) is 5.18. The molecular weight excluding hydrogens is 292 g/mol. The van der Waals surface area contributed by atoms with Gasteiger partial charge in [-0.25, -0.2) is 0 Å². The van der Waals surface area contributed by atoms with Gasteiger partial charge in [-0.2, -0.15) is 0 Å². The fraction of sp³-hybridized carbons (Fsp3) is 0.611. The molecule has 2 heterocycles. The Morgan fingerprint density at radius 2 is 2.04 bits per heavy atom. The zero-order valence-electron chi connectivity index (χ0n) is 13.7. The van der Waals surface area contributed by atoms with Crippen LogP contribution in [0.2, 0.25) is 0 Å². The number of para-hydroxylation sites is 2. The number of nitrogens with one attached hydrogen (secondary N) is 1. The number of aliphatic hydroxyl groups excluding tert-OH is 1. The molecule has 0 saturated carbocycles. The van der Waals surface area contributed by atoms with Crippen molar-refractivity contribution in [3.05, 3.63) is 24.3 Å². The number of carbonyl (C=O) groups excluding carboxylic acids is 1. The van der Waals surface area contributed by atoms with Crippen molar-refractivity contribution in [1.29, 1.82) is 0 Å². The maximum Gasteiger partial charge on any atom is 0.230 e. The van der Waals surface area contributed by atoms with Gasteiger partial charge in [0.15, 0.2) is 0 Å². The zero-order valence-corrected chi connectivity index (χ0v) is 13.7. The zero-order chi connectivity index (χ0) is 16.2. The largest absolute Gasteiger partial charge is 0.396 e. The fourth-order valence-electron chi connectivity index (χ4n) is 3.51. The molecule has 23 heavy (non-hydrogen) atoms. The first-order valence-corrected chi connectivity index (χ1v) is 8.56. The number of benzene rings is 1. The predicted octanol–water partition coefficient (Wildman–Crippen LogP) is 2.26. The molecule has 2 N–H and O–H groups in total. The van der Waals surface area contributed by atoms with E-state index in [0.717, 1.165) is 43.7 Å². The van der Waals surface area contributed by atoms with Crippen LogP contribution >= 0.6 is 0 Å². The number of aliphatic hydroxyl groups is 1. The van der Waals surface area contributed by atoms with Crippen LogP contribution in [0.25, 0.3) is 0 Å². The summed E-state index contributed by atoms with van der Waals surface area (Å²) in [6.45, 7) is 4.73. The summed E-state index contributed by atoms with van der Waals surface area (Å²) < 4.78 is 5.50. The first-order chi connectivity index (χ1) is 11.2. The van der Waals surface area contributed by atoms with Gasteiger partial charge < -0.3 is 20.1 Å². The number of anilines is 2. The van der Waals surface area contributed by atoms with Crippen LogP contribution in [0, 0.1) is 11.8 Å². The summed E-state index contributed by atoms with van der Waals surface area (Å²) in [6.07, 6.45) is 2.76. The maximum absolute atomic E-state index is 12.5. The van der Waals surface area contributed by atoms with Gasteiger partial charge >= 0.3 is 0 Å². The summed E-state index contributed by atoms with van der Waals surface area (Å²) in [6, 6.07) is 7.98. The summed E-state index contributed by atoms with van der Waals surface area (Å²) in [5.74, 6) is 0.389. The normalized spacial score (nSPS) is 25.6. The van der Waals surface area contributed by atoms with Gasteiger partial charge in [0, 0.05) is 26.3 Å². The Hall–Kier alpha value is -1.59. The van der Waals surface area contributed by atoms with E-state index in [9.17, 15) is 9.90 Å². The van der Waals surface area contributed by atoms with Crippen LogP contribution in [-0.2, 0) is 9.53 Å². The van der Waals surface area contributed by atoms with Crippen LogP contribution in [0.4, 0.5) is 11.4 Å². The minimum Gasteiger partial charge on any atom is -0.396 e. The SMILES string of the molecule is CC1OCCC1C(=O)Nc1ccccc1N1CCC(CO)CC1. The van der Waals surface area contributed by atoms with E-state index < -0.39 is 0 Å². The molecule has 3 rings (SSSR count). The molecule has 1 aromatic carbocycles. The second-order valence-electron chi connectivity index (χ2n) is 6.59. The lowest BCUT2D eigenvalue weighted by molar-refractivity contribution is -0.121. The lowest BCUT2D eigenvalue weighted by Gasteiger charge is -2.34. The molecular formula is C18H26N2O3. The number of hydrogen-bond acceptors (Lipinski definition) is 4. The number of amides is 1. The summed E-state index contributed by atoms with van der Waals surface area (Å²) in [5, 5.41) is 12.4. The Morgan fingerprint density at radius 3 is 2.70 bits per heavy atom. The summed E-state index contributed by atoms with van der Waals surface area (Å²) in [4.78, 5) is 14.8. The van der Waals surface area contributed by atoms with Gasteiger partial charge in [-0.15, -0.1) is 0 Å². The Bertz CT molecular complexity index is 541. The molecule has 2 unspecified atom stereocenters. The quantitative estimate of drug-likeness (QED) is 0.894. The van der Waals surface area contributed by atoms with Crippen LogP contribution in [0.3, 0.4) is 0 Å². The molecule has 5 nitrogen and oxygen atoms in total. The van der Waals surface area contributed by atoms with Crippen LogP contribution in [0.5, 0.6) is 0 Å². The first kappa shape index (κ1) is 16.3. The summed E-state index contributed by atoms with van der Waals surface area (Å²) >= 11 is 0. The van der Waals surface area contributed by atoms with Crippen LogP contribution in [0.1, 0.15) is 26.2 Å². The van der Waals surface area contributed by atoms with E-state index in [-0.39, 0.29) is 24.5 Å². The molecule has 2 fully saturated rings. The van der Waals surface area contributed by atoms with E-state index in [1.165, 1.54) is 0 Å². The monoisotopic (exact) mass is 318 g/mol.